The van der Waals surface area contributed by atoms with Gasteiger partial charge in [0.1, 0.15) is 5.75 Å². The molecule has 8 heteroatoms. The summed E-state index contributed by atoms with van der Waals surface area (Å²) in [6, 6.07) is 12.7. The Labute approximate surface area is 165 Å². The average Bonchev–Trinajstić information content (AvgIpc) is 2.67. The summed E-state index contributed by atoms with van der Waals surface area (Å²) < 4.78 is 32.0. The topological polar surface area (TPSA) is 92.8 Å². The van der Waals surface area contributed by atoms with Gasteiger partial charge in [-0.25, -0.2) is 8.42 Å². The molecular weight excluding hydrogens is 380 g/mol. The van der Waals surface area contributed by atoms with Gasteiger partial charge in [0.05, 0.1) is 10.5 Å². The summed E-state index contributed by atoms with van der Waals surface area (Å²) in [5.41, 5.74) is 0.740. The number of hydrogen-bond donors (Lipinski definition) is 1. The summed E-state index contributed by atoms with van der Waals surface area (Å²) in [5, 5.41) is 2.62. The minimum Gasteiger partial charge on any atom is -0.483 e. The molecule has 0 spiro atoms. The number of hydrogen-bond acceptors (Lipinski definition) is 5. The molecule has 0 aromatic heterocycles. The van der Waals surface area contributed by atoms with Crippen molar-refractivity contribution in [1.82, 2.24) is 4.31 Å². The predicted octanol–water partition coefficient (Wildman–Crippen LogP) is 2.94. The number of rotatable bonds is 9. The molecule has 1 amide bonds. The summed E-state index contributed by atoms with van der Waals surface area (Å²) >= 11 is 0. The van der Waals surface area contributed by atoms with Gasteiger partial charge >= 0.3 is 0 Å². The summed E-state index contributed by atoms with van der Waals surface area (Å²) in [4.78, 5) is 23.9. The van der Waals surface area contributed by atoms with Crippen LogP contribution >= 0.6 is 0 Å². The molecule has 0 radical (unpaired) electrons. The Balaban J connectivity index is 2.09. The van der Waals surface area contributed by atoms with E-state index in [1.165, 1.54) is 23.4 Å². The van der Waals surface area contributed by atoms with Gasteiger partial charge in [-0.1, -0.05) is 32.0 Å². The number of sulfonamides is 1. The second-order valence-corrected chi connectivity index (χ2v) is 7.94. The first-order valence-corrected chi connectivity index (χ1v) is 10.4. The number of carbonyl (C=O) groups is 2. The highest BCUT2D eigenvalue weighted by molar-refractivity contribution is 7.89. The van der Waals surface area contributed by atoms with Crippen molar-refractivity contribution in [3.63, 3.8) is 0 Å². The van der Waals surface area contributed by atoms with Gasteiger partial charge in [0, 0.05) is 18.8 Å². The van der Waals surface area contributed by atoms with E-state index in [4.69, 9.17) is 4.74 Å². The number of anilines is 1. The highest BCUT2D eigenvalue weighted by Crippen LogP contribution is 2.20. The normalized spacial score (nSPS) is 11.3. The molecule has 2 aromatic rings. The lowest BCUT2D eigenvalue weighted by molar-refractivity contribution is -0.118. The van der Waals surface area contributed by atoms with Crippen molar-refractivity contribution in [3.05, 3.63) is 54.1 Å². The Morgan fingerprint density at radius 3 is 2.36 bits per heavy atom. The van der Waals surface area contributed by atoms with Crippen LogP contribution in [0.3, 0.4) is 0 Å². The average molecular weight is 404 g/mol. The smallest absolute Gasteiger partial charge is 0.262 e. The van der Waals surface area contributed by atoms with E-state index in [0.717, 1.165) is 0 Å². The Bertz CT molecular complexity index is 953. The minimum atomic E-state index is -3.62. The molecule has 0 aliphatic carbocycles. The van der Waals surface area contributed by atoms with E-state index in [9.17, 15) is 18.0 Å². The molecule has 28 heavy (non-hydrogen) atoms. The third-order valence-electron chi connectivity index (χ3n) is 4.09. The predicted molar refractivity (Wildman–Crippen MR) is 107 cm³/mol. The lowest BCUT2D eigenvalue weighted by Crippen LogP contribution is -2.30. The highest BCUT2D eigenvalue weighted by Gasteiger charge is 2.22. The van der Waals surface area contributed by atoms with Crippen LogP contribution in [0, 0.1) is 0 Å². The Kier molecular flexibility index (Phi) is 7.31. The number of nitrogens with one attached hydrogen (secondary N) is 1. The van der Waals surface area contributed by atoms with E-state index in [-0.39, 0.29) is 17.3 Å². The van der Waals surface area contributed by atoms with E-state index in [1.54, 1.807) is 50.2 Å². The Hall–Kier alpha value is -2.71. The highest BCUT2D eigenvalue weighted by atomic mass is 32.2. The van der Waals surface area contributed by atoms with E-state index < -0.39 is 15.9 Å². The minimum absolute atomic E-state index is 0.108. The van der Waals surface area contributed by atoms with Crippen molar-refractivity contribution < 1.29 is 22.7 Å². The van der Waals surface area contributed by atoms with Crippen LogP contribution in [0.25, 0.3) is 0 Å². The SMILES string of the molecule is CCN(CC)S(=O)(=O)c1cccc(NC(=O)COc2ccccc2C(C)=O)c1. The number of para-hydroxylation sites is 1. The maximum Gasteiger partial charge on any atom is 0.262 e. The van der Waals surface area contributed by atoms with Gasteiger partial charge in [-0.05, 0) is 37.3 Å². The van der Waals surface area contributed by atoms with Crippen LogP contribution in [0.5, 0.6) is 5.75 Å². The van der Waals surface area contributed by atoms with E-state index >= 15 is 0 Å². The fourth-order valence-corrected chi connectivity index (χ4v) is 4.18. The van der Waals surface area contributed by atoms with Crippen molar-refractivity contribution in [2.75, 3.05) is 25.0 Å². The molecule has 0 heterocycles. The largest absolute Gasteiger partial charge is 0.483 e. The first-order chi connectivity index (χ1) is 13.3. The van der Waals surface area contributed by atoms with Gasteiger partial charge < -0.3 is 10.1 Å². The molecule has 0 saturated heterocycles. The maximum absolute atomic E-state index is 12.6. The molecule has 0 unspecified atom stereocenters. The fourth-order valence-electron chi connectivity index (χ4n) is 2.67. The first-order valence-electron chi connectivity index (χ1n) is 8.92. The van der Waals surface area contributed by atoms with Crippen LogP contribution in [0.15, 0.2) is 53.4 Å². The van der Waals surface area contributed by atoms with Gasteiger partial charge in [0.15, 0.2) is 12.4 Å². The van der Waals surface area contributed by atoms with Gasteiger partial charge in [0.25, 0.3) is 5.91 Å². The molecule has 0 fully saturated rings. The lowest BCUT2D eigenvalue weighted by atomic mass is 10.1. The zero-order valence-electron chi connectivity index (χ0n) is 16.1. The molecule has 2 aromatic carbocycles. The molecule has 1 N–H and O–H groups in total. The second-order valence-electron chi connectivity index (χ2n) is 6.01. The number of amides is 1. The number of Topliss-reactive ketones (excluding diaryl/α,β-unsaturated/α-hetero) is 1. The van der Waals surface area contributed by atoms with E-state index in [0.29, 0.717) is 30.1 Å². The monoisotopic (exact) mass is 404 g/mol. The zero-order chi connectivity index (χ0) is 20.7. The second kappa shape index (κ2) is 9.48. The van der Waals surface area contributed by atoms with Crippen LogP contribution in [-0.2, 0) is 14.8 Å². The summed E-state index contributed by atoms with van der Waals surface area (Å²) in [6.07, 6.45) is 0. The van der Waals surface area contributed by atoms with Gasteiger partial charge in [-0.3, -0.25) is 9.59 Å². The summed E-state index contributed by atoms with van der Waals surface area (Å²) in [5.74, 6) is -0.302. The molecule has 2 rings (SSSR count). The third-order valence-corrected chi connectivity index (χ3v) is 6.13. The number of ether oxygens (including phenoxy) is 1. The van der Waals surface area contributed by atoms with E-state index in [1.807, 2.05) is 0 Å². The molecule has 0 bridgehead atoms. The lowest BCUT2D eigenvalue weighted by Gasteiger charge is -2.19. The summed E-state index contributed by atoms with van der Waals surface area (Å²) in [7, 11) is -3.62. The van der Waals surface area contributed by atoms with Gasteiger partial charge in [-0.2, -0.15) is 4.31 Å². The molecule has 150 valence electrons. The molecule has 7 nitrogen and oxygen atoms in total. The number of nitrogens with zero attached hydrogens (tertiary/aromatic N) is 1. The van der Waals surface area contributed by atoms with Crippen molar-refractivity contribution in [3.8, 4) is 5.75 Å². The van der Waals surface area contributed by atoms with Crippen molar-refractivity contribution in [1.29, 1.82) is 0 Å². The Morgan fingerprint density at radius 2 is 1.71 bits per heavy atom. The Morgan fingerprint density at radius 1 is 1.04 bits per heavy atom. The van der Waals surface area contributed by atoms with Crippen LogP contribution in [0.4, 0.5) is 5.69 Å². The molecule has 0 aliphatic rings. The van der Waals surface area contributed by atoms with Crippen molar-refractivity contribution in [2.24, 2.45) is 0 Å². The molecule has 0 aliphatic heterocycles. The first kappa shape index (κ1) is 21.6. The zero-order valence-corrected chi connectivity index (χ0v) is 17.0. The maximum atomic E-state index is 12.6. The van der Waals surface area contributed by atoms with E-state index in [2.05, 4.69) is 5.32 Å². The fraction of sp³-hybridized carbons (Fsp3) is 0.300. The van der Waals surface area contributed by atoms with Crippen LogP contribution < -0.4 is 10.1 Å². The number of benzene rings is 2. The van der Waals surface area contributed by atoms with Crippen molar-refractivity contribution >= 4 is 27.4 Å². The standard InChI is InChI=1S/C20H24N2O5S/c1-4-22(5-2)28(25,26)17-10-8-9-16(13-17)21-20(24)14-27-19-12-7-6-11-18(19)15(3)23/h6-13H,4-5,14H2,1-3H3,(H,21,24). The summed E-state index contributed by atoms with van der Waals surface area (Å²) in [6.45, 7) is 5.37. The van der Waals surface area contributed by atoms with Crippen LogP contribution in [0.2, 0.25) is 0 Å². The van der Waals surface area contributed by atoms with Crippen molar-refractivity contribution in [2.45, 2.75) is 25.7 Å². The van der Waals surface area contributed by atoms with Crippen LogP contribution in [-0.4, -0.2) is 44.1 Å². The quantitative estimate of drug-likeness (QED) is 0.649. The number of ketones is 1. The molecule has 0 atom stereocenters. The molecular formula is C20H24N2O5S. The van der Waals surface area contributed by atoms with Gasteiger partial charge in [0.2, 0.25) is 10.0 Å². The third kappa shape index (κ3) is 5.17. The van der Waals surface area contributed by atoms with Crippen LogP contribution in [0.1, 0.15) is 31.1 Å². The molecule has 0 saturated carbocycles. The van der Waals surface area contributed by atoms with Gasteiger partial charge in [-0.15, -0.1) is 0 Å². The number of carbonyl (C=O) groups excluding carboxylic acids is 2.